The molecule has 2 heterocycles. The number of methoxy groups -OCH3 is 1. The van der Waals surface area contributed by atoms with Crippen LogP contribution in [0, 0.1) is 0 Å². The van der Waals surface area contributed by atoms with Crippen LogP contribution in [0.25, 0.3) is 0 Å². The molecule has 0 amide bonds. The summed E-state index contributed by atoms with van der Waals surface area (Å²) in [6.45, 7) is 1.44. The second-order valence-electron chi connectivity index (χ2n) is 5.48. The molecule has 0 bridgehead atoms. The molecule has 1 N–H and O–H groups in total. The van der Waals surface area contributed by atoms with Crippen LogP contribution in [0.15, 0.2) is 0 Å². The maximum atomic E-state index is 5.82. The summed E-state index contributed by atoms with van der Waals surface area (Å²) >= 11 is 0. The van der Waals surface area contributed by atoms with Crippen LogP contribution in [0.5, 0.6) is 0 Å². The Hall–Kier alpha value is -0.160. The first kappa shape index (κ1) is 11.9. The highest BCUT2D eigenvalue weighted by Gasteiger charge is 2.48. The van der Waals surface area contributed by atoms with Gasteiger partial charge in [-0.1, -0.05) is 19.3 Å². The smallest absolute Gasteiger partial charge is 0.114 e. The summed E-state index contributed by atoms with van der Waals surface area (Å²) in [4.78, 5) is 0. The molecule has 0 spiro atoms. The maximum Gasteiger partial charge on any atom is 0.114 e. The van der Waals surface area contributed by atoms with Crippen LogP contribution in [0.4, 0.5) is 0 Å². The van der Waals surface area contributed by atoms with Crippen molar-refractivity contribution in [2.75, 3.05) is 20.3 Å². The van der Waals surface area contributed by atoms with E-state index in [-0.39, 0.29) is 18.3 Å². The Morgan fingerprint density at radius 3 is 2.53 bits per heavy atom. The highest BCUT2D eigenvalue weighted by Crippen LogP contribution is 2.29. The summed E-state index contributed by atoms with van der Waals surface area (Å²) in [7, 11) is 1.74. The van der Waals surface area contributed by atoms with Gasteiger partial charge >= 0.3 is 0 Å². The zero-order chi connectivity index (χ0) is 11.7. The quantitative estimate of drug-likeness (QED) is 0.803. The Morgan fingerprint density at radius 1 is 1.00 bits per heavy atom. The molecule has 0 aromatic rings. The van der Waals surface area contributed by atoms with E-state index in [1.807, 2.05) is 0 Å². The summed E-state index contributed by atoms with van der Waals surface area (Å²) in [5.74, 6) is 0. The average molecular weight is 241 g/mol. The minimum absolute atomic E-state index is 0.123. The molecule has 0 radical (unpaired) electrons. The van der Waals surface area contributed by atoms with Gasteiger partial charge < -0.3 is 19.5 Å². The van der Waals surface area contributed by atoms with Crippen molar-refractivity contribution in [2.45, 2.75) is 62.5 Å². The van der Waals surface area contributed by atoms with Crippen molar-refractivity contribution in [1.82, 2.24) is 5.32 Å². The molecule has 1 aliphatic carbocycles. The normalized spacial score (nSPS) is 42.9. The lowest BCUT2D eigenvalue weighted by Crippen LogP contribution is -2.46. The van der Waals surface area contributed by atoms with Crippen molar-refractivity contribution in [2.24, 2.45) is 0 Å². The largest absolute Gasteiger partial charge is 0.376 e. The predicted octanol–water partition coefficient (Wildman–Crippen LogP) is 1.09. The van der Waals surface area contributed by atoms with E-state index < -0.39 is 0 Å². The molecule has 0 aromatic carbocycles. The molecule has 3 fully saturated rings. The number of ether oxygens (including phenoxy) is 3. The molecule has 0 aromatic heterocycles. The van der Waals surface area contributed by atoms with Gasteiger partial charge in [-0.25, -0.2) is 0 Å². The van der Waals surface area contributed by atoms with Crippen molar-refractivity contribution in [1.29, 1.82) is 0 Å². The maximum absolute atomic E-state index is 5.82. The number of nitrogens with one attached hydrogen (secondary N) is 1. The zero-order valence-corrected chi connectivity index (χ0v) is 10.6. The average Bonchev–Trinajstić information content (AvgIpc) is 2.93. The molecule has 2 saturated heterocycles. The summed E-state index contributed by atoms with van der Waals surface area (Å²) in [6, 6.07) is 1.03. The topological polar surface area (TPSA) is 39.7 Å². The Labute approximate surface area is 103 Å². The number of hydrogen-bond donors (Lipinski definition) is 1. The van der Waals surface area contributed by atoms with Gasteiger partial charge in [-0.2, -0.15) is 0 Å². The van der Waals surface area contributed by atoms with E-state index >= 15 is 0 Å². The zero-order valence-electron chi connectivity index (χ0n) is 10.6. The van der Waals surface area contributed by atoms with Gasteiger partial charge in [0.05, 0.1) is 19.3 Å². The lowest BCUT2D eigenvalue weighted by molar-refractivity contribution is -0.00844. The third kappa shape index (κ3) is 2.36. The number of rotatable bonds is 3. The lowest BCUT2D eigenvalue weighted by atomic mass is 9.94. The third-order valence-electron chi connectivity index (χ3n) is 4.37. The monoisotopic (exact) mass is 241 g/mol. The second kappa shape index (κ2) is 5.22. The molecule has 4 nitrogen and oxygen atoms in total. The van der Waals surface area contributed by atoms with E-state index in [9.17, 15) is 0 Å². The van der Waals surface area contributed by atoms with Crippen LogP contribution >= 0.6 is 0 Å². The number of fused-ring (bicyclic) bond motifs is 1. The van der Waals surface area contributed by atoms with Crippen molar-refractivity contribution in [3.05, 3.63) is 0 Å². The summed E-state index contributed by atoms with van der Waals surface area (Å²) < 4.78 is 17.0. The fourth-order valence-electron chi connectivity index (χ4n) is 3.38. The van der Waals surface area contributed by atoms with Gasteiger partial charge in [0.1, 0.15) is 18.3 Å². The Balaban J connectivity index is 1.55. The molecule has 2 aliphatic heterocycles. The summed E-state index contributed by atoms with van der Waals surface area (Å²) in [5.41, 5.74) is 0. The lowest BCUT2D eigenvalue weighted by Gasteiger charge is -2.27. The molecule has 17 heavy (non-hydrogen) atoms. The van der Waals surface area contributed by atoms with Crippen LogP contribution in [0.3, 0.4) is 0 Å². The van der Waals surface area contributed by atoms with Crippen molar-refractivity contribution < 1.29 is 14.2 Å². The van der Waals surface area contributed by atoms with Crippen molar-refractivity contribution in [3.8, 4) is 0 Å². The molecule has 98 valence electrons. The van der Waals surface area contributed by atoms with E-state index in [4.69, 9.17) is 14.2 Å². The van der Waals surface area contributed by atoms with Crippen LogP contribution in [-0.2, 0) is 14.2 Å². The van der Waals surface area contributed by atoms with Gasteiger partial charge in [0.15, 0.2) is 0 Å². The predicted molar refractivity (Wildman–Crippen MR) is 64.1 cm³/mol. The molecule has 3 rings (SSSR count). The van der Waals surface area contributed by atoms with Gasteiger partial charge in [0.25, 0.3) is 0 Å². The Kier molecular flexibility index (Phi) is 3.66. The van der Waals surface area contributed by atoms with Crippen LogP contribution in [-0.4, -0.2) is 50.7 Å². The van der Waals surface area contributed by atoms with Crippen molar-refractivity contribution in [3.63, 3.8) is 0 Å². The van der Waals surface area contributed by atoms with Gasteiger partial charge in [-0.05, 0) is 12.8 Å². The van der Waals surface area contributed by atoms with Gasteiger partial charge in [-0.15, -0.1) is 0 Å². The minimum Gasteiger partial charge on any atom is -0.376 e. The van der Waals surface area contributed by atoms with Crippen LogP contribution in [0.2, 0.25) is 0 Å². The first-order valence-electron chi connectivity index (χ1n) is 6.90. The van der Waals surface area contributed by atoms with E-state index in [0.29, 0.717) is 18.7 Å². The van der Waals surface area contributed by atoms with Crippen LogP contribution < -0.4 is 5.32 Å². The molecular formula is C13H23NO3. The van der Waals surface area contributed by atoms with Gasteiger partial charge in [0, 0.05) is 13.2 Å². The van der Waals surface area contributed by atoms with E-state index in [1.165, 1.54) is 32.1 Å². The van der Waals surface area contributed by atoms with E-state index in [1.54, 1.807) is 7.11 Å². The molecule has 3 aliphatic rings. The fraction of sp³-hybridized carbons (Fsp3) is 1.00. The van der Waals surface area contributed by atoms with Gasteiger partial charge in [0.2, 0.25) is 0 Å². The second-order valence-corrected chi connectivity index (χ2v) is 5.48. The Bertz CT molecular complexity index is 255. The third-order valence-corrected chi connectivity index (χ3v) is 4.37. The number of hydrogen-bond acceptors (Lipinski definition) is 4. The molecule has 4 heteroatoms. The minimum atomic E-state index is 0.123. The molecule has 4 atom stereocenters. The first-order valence-corrected chi connectivity index (χ1v) is 6.90. The molecule has 1 saturated carbocycles. The van der Waals surface area contributed by atoms with Crippen molar-refractivity contribution >= 4 is 0 Å². The fourth-order valence-corrected chi connectivity index (χ4v) is 3.38. The summed E-state index contributed by atoms with van der Waals surface area (Å²) in [5, 5.41) is 3.73. The van der Waals surface area contributed by atoms with E-state index in [2.05, 4.69) is 5.32 Å². The van der Waals surface area contributed by atoms with Gasteiger partial charge in [-0.3, -0.25) is 0 Å². The highest BCUT2D eigenvalue weighted by molar-refractivity contribution is 4.99. The molecular weight excluding hydrogens is 218 g/mol. The molecule has 0 unspecified atom stereocenters. The summed E-state index contributed by atoms with van der Waals surface area (Å²) in [6.07, 6.45) is 7.19. The standard InChI is InChI=1S/C13H23NO3/c1-15-11-8-17-12-10(7-16-13(11)12)14-9-5-3-2-4-6-9/h9-14H,2-8H2,1H3/t10-,11-,12-,13+/m1/s1. The highest BCUT2D eigenvalue weighted by atomic mass is 16.6. The Morgan fingerprint density at radius 2 is 1.76 bits per heavy atom. The van der Waals surface area contributed by atoms with Crippen LogP contribution in [0.1, 0.15) is 32.1 Å². The SMILES string of the molecule is CO[C@@H]1CO[C@H]2[C@H]1OC[C@H]2NC1CCCCC1. The van der Waals surface area contributed by atoms with E-state index in [0.717, 1.165) is 6.61 Å². The first-order chi connectivity index (χ1) is 8.38.